The lowest BCUT2D eigenvalue weighted by molar-refractivity contribution is 0.174. The van der Waals surface area contributed by atoms with Crippen molar-refractivity contribution in [2.45, 2.75) is 13.8 Å². The highest BCUT2D eigenvalue weighted by atomic mass is 16.7. The first-order valence-electron chi connectivity index (χ1n) is 8.72. The van der Waals surface area contributed by atoms with E-state index in [0.29, 0.717) is 24.1 Å². The molecule has 7 nitrogen and oxygen atoms in total. The highest BCUT2D eigenvalue weighted by Crippen LogP contribution is 2.35. The van der Waals surface area contributed by atoms with E-state index in [0.717, 1.165) is 28.6 Å². The van der Waals surface area contributed by atoms with Gasteiger partial charge in [-0.3, -0.25) is 0 Å². The maximum Gasteiger partial charge on any atom is 0.231 e. The summed E-state index contributed by atoms with van der Waals surface area (Å²) in [5, 5.41) is 6.52. The van der Waals surface area contributed by atoms with E-state index < -0.39 is 0 Å². The van der Waals surface area contributed by atoms with Crippen molar-refractivity contribution < 1.29 is 14.2 Å². The molecule has 0 fully saturated rings. The summed E-state index contributed by atoms with van der Waals surface area (Å²) in [6, 6.07) is 15.3. The zero-order valence-electron chi connectivity index (χ0n) is 15.2. The Morgan fingerprint density at radius 2 is 1.85 bits per heavy atom. The molecule has 0 atom stereocenters. The lowest BCUT2D eigenvalue weighted by Crippen LogP contribution is -2.03. The van der Waals surface area contributed by atoms with Gasteiger partial charge in [-0.1, -0.05) is 12.1 Å². The van der Waals surface area contributed by atoms with Crippen LogP contribution >= 0.6 is 0 Å². The SMILES string of the molecule is CCOc1ccccc1Nc1cc(C)nc(Nc2ccc3c(c2)OCO3)n1. The smallest absolute Gasteiger partial charge is 0.231 e. The summed E-state index contributed by atoms with van der Waals surface area (Å²) in [5.74, 6) is 3.39. The second-order valence-electron chi connectivity index (χ2n) is 5.97. The molecule has 0 saturated heterocycles. The number of nitrogens with zero attached hydrogens (tertiary/aromatic N) is 2. The van der Waals surface area contributed by atoms with Crippen molar-refractivity contribution in [1.29, 1.82) is 0 Å². The summed E-state index contributed by atoms with van der Waals surface area (Å²) in [7, 11) is 0. The van der Waals surface area contributed by atoms with Gasteiger partial charge < -0.3 is 24.8 Å². The van der Waals surface area contributed by atoms with Gasteiger partial charge in [0.15, 0.2) is 11.5 Å². The number of aryl methyl sites for hydroxylation is 1. The van der Waals surface area contributed by atoms with E-state index in [-0.39, 0.29) is 6.79 Å². The summed E-state index contributed by atoms with van der Waals surface area (Å²) in [4.78, 5) is 9.02. The van der Waals surface area contributed by atoms with Crippen molar-refractivity contribution in [3.63, 3.8) is 0 Å². The summed E-state index contributed by atoms with van der Waals surface area (Å²) in [5.41, 5.74) is 2.52. The van der Waals surface area contributed by atoms with Gasteiger partial charge in [0.1, 0.15) is 11.6 Å². The standard InChI is InChI=1S/C20H20N4O3/c1-3-25-16-7-5-4-6-15(16)23-19-10-13(2)21-20(24-19)22-14-8-9-17-18(11-14)27-12-26-17/h4-11H,3,12H2,1-2H3,(H2,21,22,23,24). The Labute approximate surface area is 157 Å². The minimum absolute atomic E-state index is 0.243. The number of ether oxygens (including phenoxy) is 3. The molecule has 2 N–H and O–H groups in total. The van der Waals surface area contributed by atoms with Crippen molar-refractivity contribution in [1.82, 2.24) is 9.97 Å². The minimum atomic E-state index is 0.243. The summed E-state index contributed by atoms with van der Waals surface area (Å²) in [6.45, 7) is 4.72. The fourth-order valence-corrected chi connectivity index (χ4v) is 2.78. The number of rotatable bonds is 6. The van der Waals surface area contributed by atoms with Crippen molar-refractivity contribution >= 4 is 23.1 Å². The van der Waals surface area contributed by atoms with Crippen LogP contribution in [0.1, 0.15) is 12.6 Å². The van der Waals surface area contributed by atoms with Gasteiger partial charge in [-0.05, 0) is 38.1 Å². The van der Waals surface area contributed by atoms with E-state index in [1.165, 1.54) is 0 Å². The molecule has 27 heavy (non-hydrogen) atoms. The number of hydrogen-bond acceptors (Lipinski definition) is 7. The molecule has 0 saturated carbocycles. The van der Waals surface area contributed by atoms with E-state index in [4.69, 9.17) is 14.2 Å². The summed E-state index contributed by atoms with van der Waals surface area (Å²) < 4.78 is 16.4. The van der Waals surface area contributed by atoms with Crippen LogP contribution in [-0.2, 0) is 0 Å². The van der Waals surface area contributed by atoms with Crippen LogP contribution < -0.4 is 24.8 Å². The average molecular weight is 364 g/mol. The number of anilines is 4. The molecule has 0 radical (unpaired) electrons. The Bertz CT molecular complexity index is 962. The van der Waals surface area contributed by atoms with Crippen LogP contribution in [0.25, 0.3) is 0 Å². The quantitative estimate of drug-likeness (QED) is 0.671. The molecular weight excluding hydrogens is 344 g/mol. The van der Waals surface area contributed by atoms with Gasteiger partial charge >= 0.3 is 0 Å². The molecule has 138 valence electrons. The molecule has 7 heteroatoms. The average Bonchev–Trinajstić information content (AvgIpc) is 3.11. The number of benzene rings is 2. The van der Waals surface area contributed by atoms with Crippen LogP contribution in [-0.4, -0.2) is 23.4 Å². The highest BCUT2D eigenvalue weighted by Gasteiger charge is 2.14. The first kappa shape index (κ1) is 17.0. The topological polar surface area (TPSA) is 77.5 Å². The van der Waals surface area contributed by atoms with E-state index in [9.17, 15) is 0 Å². The third-order valence-electron chi connectivity index (χ3n) is 3.93. The number of aromatic nitrogens is 2. The molecule has 1 aliphatic heterocycles. The maximum atomic E-state index is 5.66. The number of fused-ring (bicyclic) bond motifs is 1. The lowest BCUT2D eigenvalue weighted by atomic mass is 10.3. The number of hydrogen-bond donors (Lipinski definition) is 2. The highest BCUT2D eigenvalue weighted by molar-refractivity contribution is 5.66. The van der Waals surface area contributed by atoms with Crippen LogP contribution in [0.4, 0.5) is 23.1 Å². The first-order chi connectivity index (χ1) is 13.2. The molecule has 0 unspecified atom stereocenters. The monoisotopic (exact) mass is 364 g/mol. The Morgan fingerprint density at radius 1 is 1.00 bits per heavy atom. The fraction of sp³-hybridized carbons (Fsp3) is 0.200. The molecule has 1 aromatic heterocycles. The molecule has 3 aromatic rings. The molecule has 0 aliphatic carbocycles. The zero-order valence-corrected chi connectivity index (χ0v) is 15.2. The van der Waals surface area contributed by atoms with Gasteiger partial charge in [0.2, 0.25) is 12.7 Å². The molecule has 2 aromatic carbocycles. The molecule has 0 spiro atoms. The molecule has 2 heterocycles. The lowest BCUT2D eigenvalue weighted by Gasteiger charge is -2.13. The Balaban J connectivity index is 1.57. The third-order valence-corrected chi connectivity index (χ3v) is 3.93. The second-order valence-corrected chi connectivity index (χ2v) is 5.97. The largest absolute Gasteiger partial charge is 0.492 e. The van der Waals surface area contributed by atoms with Crippen molar-refractivity contribution in [3.8, 4) is 17.2 Å². The normalized spacial score (nSPS) is 11.9. The van der Waals surface area contributed by atoms with Gasteiger partial charge in [-0.25, -0.2) is 4.98 Å². The molecule has 4 rings (SSSR count). The number of nitrogens with one attached hydrogen (secondary N) is 2. The van der Waals surface area contributed by atoms with E-state index in [2.05, 4.69) is 20.6 Å². The second kappa shape index (κ2) is 7.41. The summed E-state index contributed by atoms with van der Waals surface area (Å²) >= 11 is 0. The van der Waals surface area contributed by atoms with Gasteiger partial charge in [0, 0.05) is 23.5 Å². The van der Waals surface area contributed by atoms with Crippen LogP contribution in [0.5, 0.6) is 17.2 Å². The van der Waals surface area contributed by atoms with Gasteiger partial charge in [-0.2, -0.15) is 4.98 Å². The Hall–Kier alpha value is -3.48. The Morgan fingerprint density at radius 3 is 2.74 bits per heavy atom. The van der Waals surface area contributed by atoms with Crippen molar-refractivity contribution in [2.24, 2.45) is 0 Å². The van der Waals surface area contributed by atoms with E-state index in [1.807, 2.05) is 62.4 Å². The first-order valence-corrected chi connectivity index (χ1v) is 8.72. The van der Waals surface area contributed by atoms with Crippen LogP contribution in [0.3, 0.4) is 0 Å². The Kier molecular flexibility index (Phi) is 4.65. The van der Waals surface area contributed by atoms with E-state index in [1.54, 1.807) is 0 Å². The minimum Gasteiger partial charge on any atom is -0.492 e. The zero-order chi connectivity index (χ0) is 18.6. The van der Waals surface area contributed by atoms with Crippen molar-refractivity contribution in [2.75, 3.05) is 24.0 Å². The van der Waals surface area contributed by atoms with Crippen LogP contribution in [0, 0.1) is 6.92 Å². The predicted octanol–water partition coefficient (Wildman–Crippen LogP) is 4.40. The maximum absolute atomic E-state index is 5.66. The molecule has 0 bridgehead atoms. The summed E-state index contributed by atoms with van der Waals surface area (Å²) in [6.07, 6.45) is 0. The number of para-hydroxylation sites is 2. The molecular formula is C20H20N4O3. The van der Waals surface area contributed by atoms with Crippen LogP contribution in [0.15, 0.2) is 48.5 Å². The fourth-order valence-electron chi connectivity index (χ4n) is 2.78. The third kappa shape index (κ3) is 3.87. The van der Waals surface area contributed by atoms with Gasteiger partial charge in [-0.15, -0.1) is 0 Å². The molecule has 0 amide bonds. The molecule has 1 aliphatic rings. The van der Waals surface area contributed by atoms with Crippen molar-refractivity contribution in [3.05, 3.63) is 54.2 Å². The van der Waals surface area contributed by atoms with Gasteiger partial charge in [0.05, 0.1) is 12.3 Å². The van der Waals surface area contributed by atoms with E-state index >= 15 is 0 Å². The van der Waals surface area contributed by atoms with Crippen LogP contribution in [0.2, 0.25) is 0 Å². The van der Waals surface area contributed by atoms with Gasteiger partial charge in [0.25, 0.3) is 0 Å². The predicted molar refractivity (Wildman–Crippen MR) is 104 cm³/mol.